The predicted octanol–water partition coefficient (Wildman–Crippen LogP) is -2.56. The maximum absolute atomic E-state index is 11.0. The molecule has 0 radical (unpaired) electrons. The Bertz CT molecular complexity index is 172. The van der Waals surface area contributed by atoms with E-state index in [1.807, 2.05) is 6.92 Å². The molecule has 0 spiro atoms. The number of nitrogens with one attached hydrogen (secondary N) is 1. The zero-order chi connectivity index (χ0) is 10.6. The second-order valence-electron chi connectivity index (χ2n) is 3.36. The number of carbonyl (C=O) groups excluding carboxylic acids is 1. The van der Waals surface area contributed by atoms with Crippen molar-refractivity contribution in [1.82, 2.24) is 5.32 Å². The quantitative estimate of drug-likeness (QED) is 0.372. The molecule has 0 aliphatic heterocycles. The number of rotatable bonds is 8. The maximum Gasteiger partial charge on any atom is 0.243 e. The molecule has 0 unspecified atom stereocenters. The largest absolute Gasteiger partial charge is 1.00 e. The number of hydrogen-bond acceptors (Lipinski definition) is 1. The molecular formula is C11H23BrN2O. The Morgan fingerprint density at radius 2 is 2.00 bits per heavy atom. The Hall–Kier alpha value is -0.350. The van der Waals surface area contributed by atoms with Crippen LogP contribution in [0.2, 0.25) is 0 Å². The van der Waals surface area contributed by atoms with Gasteiger partial charge in [0.1, 0.15) is 0 Å². The summed E-state index contributed by atoms with van der Waals surface area (Å²) in [5.74, 6) is 0.0149. The topological polar surface area (TPSA) is 45.7 Å². The first-order valence-electron chi connectivity index (χ1n) is 5.53. The second-order valence-corrected chi connectivity index (χ2v) is 3.36. The molecule has 90 valence electrons. The maximum atomic E-state index is 11.0. The molecule has 1 amide bonds. The van der Waals surface area contributed by atoms with Gasteiger partial charge in [-0.05, 0) is 19.4 Å². The molecule has 3 nitrogen and oxygen atoms in total. The van der Waals surface area contributed by atoms with Crippen LogP contribution in [-0.2, 0) is 4.79 Å². The van der Waals surface area contributed by atoms with Gasteiger partial charge in [-0.2, -0.15) is 0 Å². The lowest BCUT2D eigenvalue weighted by molar-refractivity contribution is -0.655. The fourth-order valence-corrected chi connectivity index (χ4v) is 1.16. The van der Waals surface area contributed by atoms with Crippen molar-refractivity contribution in [2.45, 2.75) is 33.1 Å². The molecule has 4 heteroatoms. The lowest BCUT2D eigenvalue weighted by Crippen LogP contribution is -3.00. The Morgan fingerprint density at radius 3 is 2.60 bits per heavy atom. The summed E-state index contributed by atoms with van der Waals surface area (Å²) in [7, 11) is 0. The van der Waals surface area contributed by atoms with Crippen molar-refractivity contribution < 1.29 is 27.1 Å². The van der Waals surface area contributed by atoms with Crippen LogP contribution in [-0.4, -0.2) is 25.5 Å². The van der Waals surface area contributed by atoms with Gasteiger partial charge < -0.3 is 27.6 Å². The van der Waals surface area contributed by atoms with Gasteiger partial charge in [0.2, 0.25) is 5.91 Å². The standard InChI is InChI=1S/C11H22N2O.BrH/c1-3-5-8-12-9-6-10-13-11(14)7-4-2;/h4,7,12H,3,5-6,8-10H2,1-2H3,(H,13,14);1H. The van der Waals surface area contributed by atoms with Gasteiger partial charge in [-0.1, -0.05) is 19.4 Å². The van der Waals surface area contributed by atoms with Gasteiger partial charge in [0.15, 0.2) is 0 Å². The average molecular weight is 279 g/mol. The van der Waals surface area contributed by atoms with Gasteiger partial charge in [0, 0.05) is 13.0 Å². The molecule has 15 heavy (non-hydrogen) atoms. The molecule has 0 aromatic heterocycles. The first-order chi connectivity index (χ1) is 6.81. The van der Waals surface area contributed by atoms with Crippen LogP contribution in [0.3, 0.4) is 0 Å². The number of unbranched alkanes of at least 4 members (excludes halogenated alkanes) is 1. The lowest BCUT2D eigenvalue weighted by Gasteiger charge is -2.01. The van der Waals surface area contributed by atoms with E-state index in [2.05, 4.69) is 17.6 Å². The highest BCUT2D eigenvalue weighted by Gasteiger charge is 1.94. The number of halogens is 1. The highest BCUT2D eigenvalue weighted by molar-refractivity contribution is 5.87. The molecule has 0 saturated heterocycles. The minimum Gasteiger partial charge on any atom is -1.00 e. The van der Waals surface area contributed by atoms with Crippen LogP contribution >= 0.6 is 0 Å². The molecule has 0 aromatic rings. The molecule has 3 N–H and O–H groups in total. The fraction of sp³-hybridized carbons (Fsp3) is 0.727. The number of carbonyl (C=O) groups is 1. The smallest absolute Gasteiger partial charge is 0.243 e. The third-order valence-electron chi connectivity index (χ3n) is 1.96. The summed E-state index contributed by atoms with van der Waals surface area (Å²) in [6.07, 6.45) is 6.90. The zero-order valence-electron chi connectivity index (χ0n) is 9.76. The molecule has 0 atom stereocenters. The molecule has 0 heterocycles. The summed E-state index contributed by atoms with van der Waals surface area (Å²) < 4.78 is 0. The minimum absolute atomic E-state index is 0. The van der Waals surface area contributed by atoms with Gasteiger partial charge >= 0.3 is 0 Å². The van der Waals surface area contributed by atoms with E-state index in [0.717, 1.165) is 19.5 Å². The number of hydrogen-bond donors (Lipinski definition) is 2. The van der Waals surface area contributed by atoms with Gasteiger partial charge in [-0.25, -0.2) is 0 Å². The van der Waals surface area contributed by atoms with Gasteiger partial charge in [-0.3, -0.25) is 4.79 Å². The molecule has 0 aliphatic rings. The highest BCUT2D eigenvalue weighted by atomic mass is 79.9. The Balaban J connectivity index is 0. The average Bonchev–Trinajstić information content (AvgIpc) is 2.17. The van der Waals surface area contributed by atoms with Crippen molar-refractivity contribution in [3.63, 3.8) is 0 Å². The monoisotopic (exact) mass is 278 g/mol. The van der Waals surface area contributed by atoms with Crippen LogP contribution in [0.25, 0.3) is 0 Å². The van der Waals surface area contributed by atoms with Gasteiger partial charge in [-0.15, -0.1) is 0 Å². The Kier molecular flexibility index (Phi) is 15.5. The van der Waals surface area contributed by atoms with Crippen molar-refractivity contribution in [2.75, 3.05) is 19.6 Å². The lowest BCUT2D eigenvalue weighted by atomic mass is 10.3. The molecule has 0 aromatic carbocycles. The molecule has 0 bridgehead atoms. The number of nitrogens with two attached hydrogens (primary N) is 1. The molecule has 0 rings (SSSR count). The Labute approximate surface area is 103 Å². The van der Waals surface area contributed by atoms with Gasteiger partial charge in [0.25, 0.3) is 0 Å². The van der Waals surface area contributed by atoms with Crippen LogP contribution < -0.4 is 27.6 Å². The number of allylic oxidation sites excluding steroid dienone is 1. The molecule has 0 fully saturated rings. The highest BCUT2D eigenvalue weighted by Crippen LogP contribution is 1.78. The van der Waals surface area contributed by atoms with Crippen LogP contribution in [0, 0.1) is 0 Å². The van der Waals surface area contributed by atoms with Crippen molar-refractivity contribution in [3.05, 3.63) is 12.2 Å². The van der Waals surface area contributed by atoms with Crippen LogP contribution in [0.4, 0.5) is 0 Å². The van der Waals surface area contributed by atoms with E-state index in [-0.39, 0.29) is 22.9 Å². The molecule has 0 saturated carbocycles. The van der Waals surface area contributed by atoms with E-state index in [4.69, 9.17) is 0 Å². The first-order valence-corrected chi connectivity index (χ1v) is 5.53. The summed E-state index contributed by atoms with van der Waals surface area (Å²) in [6, 6.07) is 0. The summed E-state index contributed by atoms with van der Waals surface area (Å²) in [5.41, 5.74) is 0. The van der Waals surface area contributed by atoms with Crippen molar-refractivity contribution in [3.8, 4) is 0 Å². The van der Waals surface area contributed by atoms with Crippen LogP contribution in [0.5, 0.6) is 0 Å². The number of amides is 1. The Morgan fingerprint density at radius 1 is 1.33 bits per heavy atom. The SMILES string of the molecule is CC=CC(=O)NCCC[NH2+]CCCC.[Br-]. The third kappa shape index (κ3) is 13.7. The van der Waals surface area contributed by atoms with Crippen LogP contribution in [0.15, 0.2) is 12.2 Å². The van der Waals surface area contributed by atoms with Crippen LogP contribution in [0.1, 0.15) is 33.1 Å². The van der Waals surface area contributed by atoms with E-state index in [9.17, 15) is 4.79 Å². The fourth-order valence-electron chi connectivity index (χ4n) is 1.16. The molecular weight excluding hydrogens is 256 g/mol. The zero-order valence-corrected chi connectivity index (χ0v) is 11.3. The number of quaternary nitrogens is 1. The normalized spacial score (nSPS) is 10.0. The van der Waals surface area contributed by atoms with Gasteiger partial charge in [0.05, 0.1) is 13.1 Å². The molecule has 0 aliphatic carbocycles. The third-order valence-corrected chi connectivity index (χ3v) is 1.96. The minimum atomic E-state index is 0. The second kappa shape index (κ2) is 13.7. The van der Waals surface area contributed by atoms with E-state index >= 15 is 0 Å². The predicted molar refractivity (Wildman–Crippen MR) is 59.0 cm³/mol. The van der Waals surface area contributed by atoms with Crippen molar-refractivity contribution >= 4 is 5.91 Å². The summed E-state index contributed by atoms with van der Waals surface area (Å²) in [4.78, 5) is 11.0. The van der Waals surface area contributed by atoms with Crippen molar-refractivity contribution in [2.24, 2.45) is 0 Å². The van der Waals surface area contributed by atoms with E-state index in [1.54, 1.807) is 12.2 Å². The summed E-state index contributed by atoms with van der Waals surface area (Å²) >= 11 is 0. The van der Waals surface area contributed by atoms with E-state index < -0.39 is 0 Å². The van der Waals surface area contributed by atoms with E-state index in [0.29, 0.717) is 0 Å². The summed E-state index contributed by atoms with van der Waals surface area (Å²) in [5, 5.41) is 5.14. The van der Waals surface area contributed by atoms with E-state index in [1.165, 1.54) is 19.4 Å². The van der Waals surface area contributed by atoms with Crippen molar-refractivity contribution in [1.29, 1.82) is 0 Å². The summed E-state index contributed by atoms with van der Waals surface area (Å²) in [6.45, 7) is 7.14. The first kappa shape index (κ1) is 17.1.